The topological polar surface area (TPSA) is 64.6 Å². The minimum atomic E-state index is 0.0445. The lowest BCUT2D eigenvalue weighted by Gasteiger charge is -2.31. The number of likely N-dealkylation sites (tertiary alicyclic amines) is 1. The number of hydrogen-bond donors (Lipinski definition) is 0. The molecule has 2 aromatic carbocycles. The number of aromatic nitrogens is 2. The van der Waals surface area contributed by atoms with Gasteiger partial charge in [0.05, 0.1) is 12.1 Å². The fourth-order valence-corrected chi connectivity index (χ4v) is 4.35. The highest BCUT2D eigenvalue weighted by Crippen LogP contribution is 2.32. The van der Waals surface area contributed by atoms with Crippen LogP contribution in [0.3, 0.4) is 0 Å². The van der Waals surface area contributed by atoms with Crippen molar-refractivity contribution in [2.24, 2.45) is 5.92 Å². The van der Waals surface area contributed by atoms with E-state index in [9.17, 15) is 4.79 Å². The third-order valence-electron chi connectivity index (χ3n) is 5.99. The first-order valence-electron chi connectivity index (χ1n) is 10.6. The molecule has 1 fully saturated rings. The third kappa shape index (κ3) is 3.75. The number of nitrogens with zero attached hydrogens (tertiary/aromatic N) is 3. The number of hydrogen-bond acceptors (Lipinski definition) is 6. The summed E-state index contributed by atoms with van der Waals surface area (Å²) in [6, 6.07) is 13.6. The summed E-state index contributed by atoms with van der Waals surface area (Å²) in [5, 5.41) is 1.10. The average molecular weight is 403 g/mol. The van der Waals surface area contributed by atoms with Crippen LogP contribution in [-0.4, -0.2) is 47.0 Å². The van der Waals surface area contributed by atoms with E-state index in [1.165, 1.54) is 0 Å². The summed E-state index contributed by atoms with van der Waals surface area (Å²) in [5.41, 5.74) is 2.72. The fourth-order valence-electron chi connectivity index (χ4n) is 4.35. The molecule has 0 unspecified atom stereocenters. The van der Waals surface area contributed by atoms with Crippen LogP contribution in [0.1, 0.15) is 34.7 Å². The number of carbonyl (C=O) groups excluding carboxylic acids is 1. The highest BCUT2D eigenvalue weighted by atomic mass is 16.6. The molecule has 1 aromatic heterocycles. The molecular weight excluding hydrogens is 378 g/mol. The number of aryl methyl sites for hydroxylation is 1. The summed E-state index contributed by atoms with van der Waals surface area (Å²) in [6.45, 7) is 5.58. The molecule has 5 rings (SSSR count). The highest BCUT2D eigenvalue weighted by Gasteiger charge is 2.27. The van der Waals surface area contributed by atoms with Crippen molar-refractivity contribution in [1.82, 2.24) is 14.9 Å². The fraction of sp³-hybridized carbons (Fsp3) is 0.375. The Morgan fingerprint density at radius 2 is 1.80 bits per heavy atom. The van der Waals surface area contributed by atoms with Crippen molar-refractivity contribution < 1.29 is 14.3 Å². The highest BCUT2D eigenvalue weighted by molar-refractivity contribution is 5.98. The van der Waals surface area contributed by atoms with Crippen molar-refractivity contribution in [3.05, 3.63) is 59.5 Å². The molecule has 0 amide bonds. The lowest BCUT2D eigenvalue weighted by atomic mass is 9.88. The third-order valence-corrected chi connectivity index (χ3v) is 5.99. The van der Waals surface area contributed by atoms with Gasteiger partial charge >= 0.3 is 0 Å². The van der Waals surface area contributed by atoms with Crippen LogP contribution >= 0.6 is 0 Å². The predicted octanol–water partition coefficient (Wildman–Crippen LogP) is 3.80. The number of carbonyl (C=O) groups is 1. The molecule has 0 radical (unpaired) electrons. The van der Waals surface area contributed by atoms with Gasteiger partial charge in [0.25, 0.3) is 0 Å². The van der Waals surface area contributed by atoms with E-state index in [0.29, 0.717) is 24.5 Å². The van der Waals surface area contributed by atoms with Crippen LogP contribution in [0.15, 0.2) is 42.5 Å². The number of piperidine rings is 1. The van der Waals surface area contributed by atoms with Gasteiger partial charge in [-0.05, 0) is 57.1 Å². The molecule has 1 saturated heterocycles. The van der Waals surface area contributed by atoms with Gasteiger partial charge in [-0.3, -0.25) is 9.69 Å². The molecule has 30 heavy (non-hydrogen) atoms. The standard InChI is InChI=1S/C24H25N3O3/c1-16-19-4-2-3-5-20(19)26-23(25-16)15-27-10-8-17(9-11-27)24(28)18-6-7-21-22(14-18)30-13-12-29-21/h2-7,14,17H,8-13,15H2,1H3. The number of rotatable bonds is 4. The van der Waals surface area contributed by atoms with E-state index in [-0.39, 0.29) is 11.7 Å². The van der Waals surface area contributed by atoms with E-state index in [0.717, 1.165) is 60.6 Å². The Balaban J connectivity index is 1.23. The van der Waals surface area contributed by atoms with Gasteiger partial charge in [-0.1, -0.05) is 18.2 Å². The van der Waals surface area contributed by atoms with Crippen LogP contribution in [0.5, 0.6) is 11.5 Å². The maximum Gasteiger partial charge on any atom is 0.166 e. The Morgan fingerprint density at radius 1 is 1.03 bits per heavy atom. The predicted molar refractivity (Wildman–Crippen MR) is 114 cm³/mol. The van der Waals surface area contributed by atoms with Gasteiger partial charge < -0.3 is 9.47 Å². The molecule has 2 aliphatic rings. The second kappa shape index (κ2) is 8.03. The Bertz CT molecular complexity index is 1090. The Labute approximate surface area is 175 Å². The zero-order valence-corrected chi connectivity index (χ0v) is 17.1. The second-order valence-corrected chi connectivity index (χ2v) is 8.02. The summed E-state index contributed by atoms with van der Waals surface area (Å²) < 4.78 is 11.2. The molecule has 0 spiro atoms. The molecule has 0 N–H and O–H groups in total. The van der Waals surface area contributed by atoms with Crippen molar-refractivity contribution in [3.8, 4) is 11.5 Å². The number of ether oxygens (including phenoxy) is 2. The average Bonchev–Trinajstić information content (AvgIpc) is 2.79. The first-order chi connectivity index (χ1) is 14.7. The van der Waals surface area contributed by atoms with E-state index < -0.39 is 0 Å². The van der Waals surface area contributed by atoms with Gasteiger partial charge in [0.15, 0.2) is 17.3 Å². The maximum atomic E-state index is 13.0. The van der Waals surface area contributed by atoms with Crippen molar-refractivity contribution in [2.45, 2.75) is 26.3 Å². The molecule has 0 atom stereocenters. The Kier molecular flexibility index (Phi) is 5.09. The summed E-state index contributed by atoms with van der Waals surface area (Å²) in [7, 11) is 0. The monoisotopic (exact) mass is 403 g/mol. The van der Waals surface area contributed by atoms with Crippen LogP contribution < -0.4 is 9.47 Å². The van der Waals surface area contributed by atoms with Gasteiger partial charge in [0, 0.05) is 22.6 Å². The van der Waals surface area contributed by atoms with Crippen LogP contribution in [0.4, 0.5) is 0 Å². The van der Waals surface area contributed by atoms with Gasteiger partial charge in [-0.15, -0.1) is 0 Å². The lowest BCUT2D eigenvalue weighted by molar-refractivity contribution is 0.0832. The van der Waals surface area contributed by atoms with E-state index in [4.69, 9.17) is 19.4 Å². The van der Waals surface area contributed by atoms with E-state index in [2.05, 4.69) is 11.0 Å². The maximum absolute atomic E-state index is 13.0. The van der Waals surface area contributed by atoms with E-state index >= 15 is 0 Å². The molecular formula is C24H25N3O3. The Morgan fingerprint density at radius 3 is 2.63 bits per heavy atom. The van der Waals surface area contributed by atoms with Crippen LogP contribution in [0, 0.1) is 12.8 Å². The summed E-state index contributed by atoms with van der Waals surface area (Å²) in [5.74, 6) is 2.49. The molecule has 154 valence electrons. The minimum absolute atomic E-state index is 0.0445. The molecule has 6 nitrogen and oxygen atoms in total. The quantitative estimate of drug-likeness (QED) is 0.618. The van der Waals surface area contributed by atoms with Crippen LogP contribution in [-0.2, 0) is 6.54 Å². The molecule has 2 aliphatic heterocycles. The van der Waals surface area contributed by atoms with Crippen molar-refractivity contribution in [2.75, 3.05) is 26.3 Å². The molecule has 6 heteroatoms. The summed E-state index contributed by atoms with van der Waals surface area (Å²) in [4.78, 5) is 24.8. The van der Waals surface area contributed by atoms with Gasteiger partial charge in [-0.2, -0.15) is 0 Å². The zero-order valence-electron chi connectivity index (χ0n) is 17.1. The van der Waals surface area contributed by atoms with Gasteiger partial charge in [0.1, 0.15) is 19.0 Å². The summed E-state index contributed by atoms with van der Waals surface area (Å²) in [6.07, 6.45) is 1.69. The molecule has 3 aromatic rings. The molecule has 0 saturated carbocycles. The molecule has 0 bridgehead atoms. The van der Waals surface area contributed by atoms with Crippen LogP contribution in [0.2, 0.25) is 0 Å². The first-order valence-corrected chi connectivity index (χ1v) is 10.6. The number of Topliss-reactive ketones (excluding diaryl/α,β-unsaturated/α-hetero) is 1. The van der Waals surface area contributed by atoms with Crippen LogP contribution in [0.25, 0.3) is 10.9 Å². The normalized spacial score (nSPS) is 17.2. The van der Waals surface area contributed by atoms with Gasteiger partial charge in [-0.25, -0.2) is 9.97 Å². The zero-order chi connectivity index (χ0) is 20.5. The summed E-state index contributed by atoms with van der Waals surface area (Å²) >= 11 is 0. The first kappa shape index (κ1) is 19.0. The Hall–Kier alpha value is -2.99. The second-order valence-electron chi connectivity index (χ2n) is 8.02. The number of para-hydroxylation sites is 1. The van der Waals surface area contributed by atoms with E-state index in [1.54, 1.807) is 0 Å². The largest absolute Gasteiger partial charge is 0.486 e. The molecule has 0 aliphatic carbocycles. The number of benzene rings is 2. The SMILES string of the molecule is Cc1nc(CN2CCC(C(=O)c3ccc4c(c3)OCCO4)CC2)nc2ccccc12. The number of ketones is 1. The smallest absolute Gasteiger partial charge is 0.166 e. The van der Waals surface area contributed by atoms with Crippen molar-refractivity contribution in [3.63, 3.8) is 0 Å². The van der Waals surface area contributed by atoms with Gasteiger partial charge in [0.2, 0.25) is 0 Å². The van der Waals surface area contributed by atoms with E-state index in [1.807, 2.05) is 43.3 Å². The number of fused-ring (bicyclic) bond motifs is 2. The van der Waals surface area contributed by atoms with Crippen molar-refractivity contribution >= 4 is 16.7 Å². The van der Waals surface area contributed by atoms with Crippen molar-refractivity contribution in [1.29, 1.82) is 0 Å². The molecule has 3 heterocycles. The lowest BCUT2D eigenvalue weighted by Crippen LogP contribution is -2.36. The minimum Gasteiger partial charge on any atom is -0.486 e.